The highest BCUT2D eigenvalue weighted by Crippen LogP contribution is 2.30. The second-order valence-corrected chi connectivity index (χ2v) is 4.19. The number of fused-ring (bicyclic) bond motifs is 1. The van der Waals surface area contributed by atoms with Crippen molar-refractivity contribution < 1.29 is 9.90 Å². The van der Waals surface area contributed by atoms with Crippen LogP contribution < -0.4 is 10.6 Å². The maximum Gasteiger partial charge on any atom is 0.312 e. The van der Waals surface area contributed by atoms with E-state index in [1.165, 1.54) is 5.56 Å². The third kappa shape index (κ3) is 1.76. The van der Waals surface area contributed by atoms with Gasteiger partial charge in [0.25, 0.3) is 0 Å². The van der Waals surface area contributed by atoms with Crippen LogP contribution in [-0.2, 0) is 11.2 Å². The van der Waals surface area contributed by atoms with Gasteiger partial charge in [0, 0.05) is 25.8 Å². The van der Waals surface area contributed by atoms with E-state index in [2.05, 4.69) is 4.90 Å². The van der Waals surface area contributed by atoms with E-state index in [1.807, 2.05) is 25.2 Å². The summed E-state index contributed by atoms with van der Waals surface area (Å²) in [6.45, 7) is 1.14. The average molecular weight is 220 g/mol. The van der Waals surface area contributed by atoms with Crippen molar-refractivity contribution in [2.75, 3.05) is 25.0 Å². The maximum absolute atomic E-state index is 11.0. The van der Waals surface area contributed by atoms with Gasteiger partial charge in [-0.25, -0.2) is 0 Å². The number of aliphatic carboxylic acids is 1. The number of nitrogens with two attached hydrogens (primary N) is 1. The monoisotopic (exact) mass is 220 g/mol. The largest absolute Gasteiger partial charge is 0.481 e. The molecule has 0 saturated heterocycles. The second kappa shape index (κ2) is 4.14. The number of carboxylic acids is 1. The van der Waals surface area contributed by atoms with E-state index in [9.17, 15) is 4.79 Å². The fourth-order valence-corrected chi connectivity index (χ4v) is 2.15. The van der Waals surface area contributed by atoms with E-state index >= 15 is 0 Å². The quantitative estimate of drug-likeness (QED) is 0.791. The Kier molecular flexibility index (Phi) is 2.83. The molecule has 4 heteroatoms. The van der Waals surface area contributed by atoms with Gasteiger partial charge >= 0.3 is 5.97 Å². The van der Waals surface area contributed by atoms with Crippen LogP contribution in [-0.4, -0.2) is 31.2 Å². The SMILES string of the molecule is CN1CCc2ccc(C(CN)C(=O)O)cc21. The Morgan fingerprint density at radius 3 is 3.00 bits per heavy atom. The number of carboxylic acid groups (broad SMARTS) is 1. The van der Waals surface area contributed by atoms with Gasteiger partial charge in [-0.1, -0.05) is 12.1 Å². The molecule has 0 aromatic heterocycles. The van der Waals surface area contributed by atoms with Gasteiger partial charge in [0.05, 0.1) is 5.92 Å². The van der Waals surface area contributed by atoms with Crippen LogP contribution in [0.15, 0.2) is 18.2 Å². The molecule has 0 radical (unpaired) electrons. The fourth-order valence-electron chi connectivity index (χ4n) is 2.15. The predicted octanol–water partition coefficient (Wildman–Crippen LogP) is 0.806. The Balaban J connectivity index is 2.37. The number of nitrogens with zero attached hydrogens (tertiary/aromatic N) is 1. The topological polar surface area (TPSA) is 66.6 Å². The maximum atomic E-state index is 11.0. The van der Waals surface area contributed by atoms with E-state index in [-0.39, 0.29) is 6.54 Å². The molecule has 1 atom stereocenters. The molecule has 2 rings (SSSR count). The third-order valence-corrected chi connectivity index (χ3v) is 3.17. The molecule has 1 unspecified atom stereocenters. The molecule has 1 aliphatic heterocycles. The van der Waals surface area contributed by atoms with Crippen molar-refractivity contribution in [3.63, 3.8) is 0 Å². The first-order valence-electron chi connectivity index (χ1n) is 5.40. The zero-order valence-electron chi connectivity index (χ0n) is 9.31. The van der Waals surface area contributed by atoms with Crippen LogP contribution in [0.1, 0.15) is 17.0 Å². The van der Waals surface area contributed by atoms with Crippen LogP contribution in [0.3, 0.4) is 0 Å². The van der Waals surface area contributed by atoms with Crippen molar-refractivity contribution >= 4 is 11.7 Å². The van der Waals surface area contributed by atoms with Gasteiger partial charge in [-0.15, -0.1) is 0 Å². The van der Waals surface area contributed by atoms with Gasteiger partial charge in [-0.3, -0.25) is 4.79 Å². The van der Waals surface area contributed by atoms with Gasteiger partial charge in [0.1, 0.15) is 0 Å². The molecule has 1 aromatic rings. The van der Waals surface area contributed by atoms with Crippen LogP contribution in [0.25, 0.3) is 0 Å². The smallest absolute Gasteiger partial charge is 0.312 e. The number of benzene rings is 1. The molecule has 86 valence electrons. The minimum atomic E-state index is -0.858. The minimum Gasteiger partial charge on any atom is -0.481 e. The molecule has 0 aliphatic carbocycles. The summed E-state index contributed by atoms with van der Waals surface area (Å²) < 4.78 is 0. The summed E-state index contributed by atoms with van der Waals surface area (Å²) in [5, 5.41) is 9.05. The molecule has 4 nitrogen and oxygen atoms in total. The lowest BCUT2D eigenvalue weighted by Crippen LogP contribution is -2.21. The van der Waals surface area contributed by atoms with E-state index in [1.54, 1.807) is 0 Å². The van der Waals surface area contributed by atoms with Gasteiger partial charge < -0.3 is 15.7 Å². The average Bonchev–Trinajstić information content (AvgIpc) is 2.61. The van der Waals surface area contributed by atoms with Crippen LogP contribution >= 0.6 is 0 Å². The zero-order valence-corrected chi connectivity index (χ0v) is 9.31. The molecule has 1 aromatic carbocycles. The van der Waals surface area contributed by atoms with E-state index < -0.39 is 11.9 Å². The van der Waals surface area contributed by atoms with Crippen LogP contribution in [0, 0.1) is 0 Å². The Morgan fingerprint density at radius 2 is 2.38 bits per heavy atom. The number of likely N-dealkylation sites (N-methyl/N-ethyl adjacent to an activating group) is 1. The lowest BCUT2D eigenvalue weighted by molar-refractivity contribution is -0.138. The standard InChI is InChI=1S/C12H16N2O2/c1-14-5-4-8-2-3-9(6-11(8)14)10(7-13)12(15)16/h2-3,6,10H,4-5,7,13H2,1H3,(H,15,16). The predicted molar refractivity (Wildman–Crippen MR) is 62.8 cm³/mol. The number of carbonyl (C=O) groups is 1. The number of hydrogen-bond donors (Lipinski definition) is 2. The Hall–Kier alpha value is -1.55. The highest BCUT2D eigenvalue weighted by molar-refractivity contribution is 5.77. The summed E-state index contributed by atoms with van der Waals surface area (Å²) in [5.74, 6) is -1.46. The summed E-state index contributed by atoms with van der Waals surface area (Å²) in [4.78, 5) is 13.2. The Morgan fingerprint density at radius 1 is 1.62 bits per heavy atom. The summed E-state index contributed by atoms with van der Waals surface area (Å²) in [6, 6.07) is 5.84. The number of hydrogen-bond acceptors (Lipinski definition) is 3. The molecule has 0 fully saturated rings. The first-order chi connectivity index (χ1) is 7.63. The molecule has 3 N–H and O–H groups in total. The van der Waals surface area contributed by atoms with Crippen molar-refractivity contribution in [2.45, 2.75) is 12.3 Å². The van der Waals surface area contributed by atoms with Crippen LogP contribution in [0.2, 0.25) is 0 Å². The molecular formula is C12H16N2O2. The first kappa shape index (κ1) is 11.0. The molecule has 0 bridgehead atoms. The van der Waals surface area contributed by atoms with Crippen molar-refractivity contribution in [1.29, 1.82) is 0 Å². The minimum absolute atomic E-state index is 0.137. The normalized spacial score (nSPS) is 16.0. The molecule has 0 spiro atoms. The summed E-state index contributed by atoms with van der Waals surface area (Å²) in [6.07, 6.45) is 1.03. The van der Waals surface area contributed by atoms with Crippen molar-refractivity contribution in [3.05, 3.63) is 29.3 Å². The lowest BCUT2D eigenvalue weighted by Gasteiger charge is -2.15. The van der Waals surface area contributed by atoms with E-state index in [0.717, 1.165) is 24.2 Å². The van der Waals surface area contributed by atoms with Crippen molar-refractivity contribution in [1.82, 2.24) is 0 Å². The zero-order chi connectivity index (χ0) is 11.7. The highest BCUT2D eigenvalue weighted by Gasteiger charge is 2.22. The lowest BCUT2D eigenvalue weighted by atomic mass is 9.97. The van der Waals surface area contributed by atoms with Gasteiger partial charge in [0.2, 0.25) is 0 Å². The summed E-state index contributed by atoms with van der Waals surface area (Å²) in [5.41, 5.74) is 8.71. The Labute approximate surface area is 94.7 Å². The second-order valence-electron chi connectivity index (χ2n) is 4.19. The summed E-state index contributed by atoms with van der Waals surface area (Å²) in [7, 11) is 2.02. The molecule has 0 amide bonds. The highest BCUT2D eigenvalue weighted by atomic mass is 16.4. The van der Waals surface area contributed by atoms with Crippen molar-refractivity contribution in [3.8, 4) is 0 Å². The molecule has 1 aliphatic rings. The summed E-state index contributed by atoms with van der Waals surface area (Å²) >= 11 is 0. The number of anilines is 1. The first-order valence-corrected chi connectivity index (χ1v) is 5.40. The molecule has 0 saturated carbocycles. The van der Waals surface area contributed by atoms with Gasteiger partial charge in [-0.05, 0) is 23.6 Å². The molecule has 1 heterocycles. The fraction of sp³-hybridized carbons (Fsp3) is 0.417. The van der Waals surface area contributed by atoms with Gasteiger partial charge in [0.15, 0.2) is 0 Å². The number of rotatable bonds is 3. The van der Waals surface area contributed by atoms with E-state index in [4.69, 9.17) is 10.8 Å². The molecular weight excluding hydrogens is 204 g/mol. The molecule has 16 heavy (non-hydrogen) atoms. The van der Waals surface area contributed by atoms with E-state index in [0.29, 0.717) is 0 Å². The van der Waals surface area contributed by atoms with Crippen LogP contribution in [0.5, 0.6) is 0 Å². The van der Waals surface area contributed by atoms with Crippen molar-refractivity contribution in [2.24, 2.45) is 5.73 Å². The Bertz CT molecular complexity index is 417. The third-order valence-electron chi connectivity index (χ3n) is 3.17. The van der Waals surface area contributed by atoms with Gasteiger partial charge in [-0.2, -0.15) is 0 Å². The van der Waals surface area contributed by atoms with Crippen LogP contribution in [0.4, 0.5) is 5.69 Å².